The van der Waals surface area contributed by atoms with Gasteiger partial charge in [0, 0.05) is 17.1 Å². The van der Waals surface area contributed by atoms with Gasteiger partial charge in [-0.3, -0.25) is 4.79 Å². The van der Waals surface area contributed by atoms with Crippen LogP contribution in [0.25, 0.3) is 0 Å². The molecule has 2 aromatic carbocycles. The van der Waals surface area contributed by atoms with Crippen molar-refractivity contribution < 1.29 is 9.53 Å². The van der Waals surface area contributed by atoms with Crippen LogP contribution in [0, 0.1) is 0 Å². The molecule has 0 aliphatic rings. The molecule has 0 bridgehead atoms. The van der Waals surface area contributed by atoms with Gasteiger partial charge in [0.25, 0.3) is 0 Å². The third-order valence-electron chi connectivity index (χ3n) is 3.06. The van der Waals surface area contributed by atoms with E-state index in [1.165, 1.54) is 0 Å². The molecule has 0 saturated heterocycles. The second kappa shape index (κ2) is 7.34. The molecule has 110 valence electrons. The standard InChI is InChI=1S/C16H15Cl2NO2/c1-21-14-9-5-8-13(17)12(14)10-19-16(20)15(18)11-6-3-2-4-7-11/h2-9,15H,10H2,1H3,(H,19,20). The van der Waals surface area contributed by atoms with E-state index in [9.17, 15) is 4.79 Å². The quantitative estimate of drug-likeness (QED) is 0.846. The van der Waals surface area contributed by atoms with E-state index >= 15 is 0 Å². The van der Waals surface area contributed by atoms with Crippen LogP contribution >= 0.6 is 23.2 Å². The average Bonchev–Trinajstić information content (AvgIpc) is 2.53. The van der Waals surface area contributed by atoms with E-state index in [1.807, 2.05) is 30.3 Å². The molecule has 21 heavy (non-hydrogen) atoms. The highest BCUT2D eigenvalue weighted by Crippen LogP contribution is 2.26. The molecule has 1 N–H and O–H groups in total. The molecule has 1 amide bonds. The third-order valence-corrected chi connectivity index (χ3v) is 3.86. The smallest absolute Gasteiger partial charge is 0.242 e. The lowest BCUT2D eigenvalue weighted by atomic mass is 10.1. The first-order valence-electron chi connectivity index (χ1n) is 6.41. The monoisotopic (exact) mass is 323 g/mol. The van der Waals surface area contributed by atoms with Gasteiger partial charge in [-0.1, -0.05) is 48.0 Å². The van der Waals surface area contributed by atoms with Crippen molar-refractivity contribution in [2.24, 2.45) is 0 Å². The topological polar surface area (TPSA) is 38.3 Å². The van der Waals surface area contributed by atoms with Crippen molar-refractivity contribution in [1.82, 2.24) is 5.32 Å². The van der Waals surface area contributed by atoms with Crippen LogP contribution in [0.4, 0.5) is 0 Å². The molecule has 0 radical (unpaired) electrons. The zero-order valence-electron chi connectivity index (χ0n) is 11.5. The Balaban J connectivity index is 2.05. The second-order valence-electron chi connectivity index (χ2n) is 4.41. The van der Waals surface area contributed by atoms with Crippen LogP contribution in [-0.2, 0) is 11.3 Å². The normalized spacial score (nSPS) is 11.8. The minimum Gasteiger partial charge on any atom is -0.496 e. The molecule has 0 spiro atoms. The summed E-state index contributed by atoms with van der Waals surface area (Å²) in [6, 6.07) is 14.5. The summed E-state index contributed by atoms with van der Waals surface area (Å²) in [5.41, 5.74) is 1.48. The Morgan fingerprint density at radius 3 is 2.57 bits per heavy atom. The molecule has 0 aliphatic carbocycles. The van der Waals surface area contributed by atoms with E-state index in [4.69, 9.17) is 27.9 Å². The molecule has 2 rings (SSSR count). The van der Waals surface area contributed by atoms with E-state index in [-0.39, 0.29) is 12.5 Å². The Labute approximate surface area is 133 Å². The van der Waals surface area contributed by atoms with Crippen LogP contribution in [0.2, 0.25) is 5.02 Å². The number of ether oxygens (including phenoxy) is 1. The first-order chi connectivity index (χ1) is 10.1. The molecule has 5 heteroatoms. The molecule has 0 heterocycles. The SMILES string of the molecule is COc1cccc(Cl)c1CNC(=O)C(Cl)c1ccccc1. The van der Waals surface area contributed by atoms with E-state index in [1.54, 1.807) is 25.3 Å². The highest BCUT2D eigenvalue weighted by atomic mass is 35.5. The largest absolute Gasteiger partial charge is 0.496 e. The fraction of sp³-hybridized carbons (Fsp3) is 0.188. The van der Waals surface area contributed by atoms with E-state index < -0.39 is 5.38 Å². The van der Waals surface area contributed by atoms with Crippen LogP contribution in [0.5, 0.6) is 5.75 Å². The molecular formula is C16H15Cl2NO2. The summed E-state index contributed by atoms with van der Waals surface area (Å²) < 4.78 is 5.23. The number of amides is 1. The number of halogens is 2. The number of benzene rings is 2. The van der Waals surface area contributed by atoms with Crippen molar-refractivity contribution in [3.8, 4) is 5.75 Å². The van der Waals surface area contributed by atoms with Gasteiger partial charge in [-0.15, -0.1) is 11.6 Å². The van der Waals surface area contributed by atoms with Gasteiger partial charge in [-0.25, -0.2) is 0 Å². The Hall–Kier alpha value is -1.71. The summed E-state index contributed by atoms with van der Waals surface area (Å²) in [6.07, 6.45) is 0. The molecule has 3 nitrogen and oxygen atoms in total. The number of alkyl halides is 1. The number of hydrogen-bond donors (Lipinski definition) is 1. The van der Waals surface area contributed by atoms with Gasteiger partial charge >= 0.3 is 0 Å². The maximum Gasteiger partial charge on any atom is 0.242 e. The van der Waals surface area contributed by atoms with Crippen LogP contribution in [0.1, 0.15) is 16.5 Å². The van der Waals surface area contributed by atoms with E-state index in [2.05, 4.69) is 5.32 Å². The number of methoxy groups -OCH3 is 1. The van der Waals surface area contributed by atoms with Crippen LogP contribution in [0.3, 0.4) is 0 Å². The van der Waals surface area contributed by atoms with Crippen LogP contribution in [0.15, 0.2) is 48.5 Å². The first kappa shape index (κ1) is 15.7. The van der Waals surface area contributed by atoms with Crippen LogP contribution in [-0.4, -0.2) is 13.0 Å². The fourth-order valence-corrected chi connectivity index (χ4v) is 2.40. The number of carbonyl (C=O) groups is 1. The number of hydrogen-bond acceptors (Lipinski definition) is 2. The Morgan fingerprint density at radius 1 is 1.19 bits per heavy atom. The van der Waals surface area contributed by atoms with E-state index in [0.717, 1.165) is 11.1 Å². The second-order valence-corrected chi connectivity index (χ2v) is 5.26. The van der Waals surface area contributed by atoms with Crippen molar-refractivity contribution >= 4 is 29.1 Å². The minimum absolute atomic E-state index is 0.262. The van der Waals surface area contributed by atoms with Crippen molar-refractivity contribution in [2.45, 2.75) is 11.9 Å². The summed E-state index contributed by atoms with van der Waals surface area (Å²) in [6.45, 7) is 0.262. The summed E-state index contributed by atoms with van der Waals surface area (Å²) in [5, 5.41) is 2.58. The van der Waals surface area contributed by atoms with Crippen LogP contribution < -0.4 is 10.1 Å². The molecular weight excluding hydrogens is 309 g/mol. The zero-order chi connectivity index (χ0) is 15.2. The molecule has 1 unspecified atom stereocenters. The van der Waals surface area contributed by atoms with Crippen molar-refractivity contribution in [3.63, 3.8) is 0 Å². The Kier molecular flexibility index (Phi) is 5.48. The predicted octanol–water partition coefficient (Wildman–Crippen LogP) is 3.94. The molecule has 0 aliphatic heterocycles. The molecule has 1 atom stereocenters. The fourth-order valence-electron chi connectivity index (χ4n) is 1.94. The van der Waals surface area contributed by atoms with Gasteiger partial charge in [0.05, 0.1) is 7.11 Å². The highest BCUT2D eigenvalue weighted by Gasteiger charge is 2.18. The molecule has 0 saturated carbocycles. The van der Waals surface area contributed by atoms with Gasteiger partial charge in [0.1, 0.15) is 11.1 Å². The number of rotatable bonds is 5. The zero-order valence-corrected chi connectivity index (χ0v) is 13.0. The van der Waals surface area contributed by atoms with Crippen molar-refractivity contribution in [3.05, 3.63) is 64.7 Å². The molecule has 2 aromatic rings. The van der Waals surface area contributed by atoms with Gasteiger partial charge in [-0.2, -0.15) is 0 Å². The summed E-state index contributed by atoms with van der Waals surface area (Å²) in [7, 11) is 1.56. The van der Waals surface area contributed by atoms with Gasteiger partial charge in [-0.05, 0) is 17.7 Å². The lowest BCUT2D eigenvalue weighted by molar-refractivity contribution is -0.121. The third kappa shape index (κ3) is 3.90. The number of nitrogens with one attached hydrogen (secondary N) is 1. The summed E-state index contributed by atoms with van der Waals surface area (Å²) in [4.78, 5) is 12.1. The molecule has 0 aromatic heterocycles. The number of carbonyl (C=O) groups excluding carboxylic acids is 1. The summed E-state index contributed by atoms with van der Waals surface area (Å²) >= 11 is 12.3. The molecule has 0 fully saturated rings. The maximum atomic E-state index is 12.1. The summed E-state index contributed by atoms with van der Waals surface area (Å²) in [5.74, 6) is 0.360. The van der Waals surface area contributed by atoms with Gasteiger partial charge in [0.15, 0.2) is 0 Å². The Morgan fingerprint density at radius 2 is 1.90 bits per heavy atom. The van der Waals surface area contributed by atoms with Gasteiger partial charge in [0.2, 0.25) is 5.91 Å². The lowest BCUT2D eigenvalue weighted by Crippen LogP contribution is -2.26. The van der Waals surface area contributed by atoms with Crippen molar-refractivity contribution in [1.29, 1.82) is 0 Å². The first-order valence-corrected chi connectivity index (χ1v) is 7.23. The highest BCUT2D eigenvalue weighted by molar-refractivity contribution is 6.32. The predicted molar refractivity (Wildman–Crippen MR) is 84.9 cm³/mol. The van der Waals surface area contributed by atoms with Gasteiger partial charge < -0.3 is 10.1 Å². The van der Waals surface area contributed by atoms with E-state index in [0.29, 0.717) is 10.8 Å². The van der Waals surface area contributed by atoms with Crippen molar-refractivity contribution in [2.75, 3.05) is 7.11 Å². The minimum atomic E-state index is -0.736. The Bertz CT molecular complexity index is 617. The average molecular weight is 324 g/mol. The lowest BCUT2D eigenvalue weighted by Gasteiger charge is -2.14. The maximum absolute atomic E-state index is 12.1.